The summed E-state index contributed by atoms with van der Waals surface area (Å²) in [4.78, 5) is 12.8. The van der Waals surface area contributed by atoms with Crippen molar-refractivity contribution in [3.8, 4) is 0 Å². The van der Waals surface area contributed by atoms with Crippen molar-refractivity contribution in [1.29, 1.82) is 0 Å². The molecule has 0 amide bonds. The maximum atomic E-state index is 12.8. The van der Waals surface area contributed by atoms with Crippen molar-refractivity contribution in [3.05, 3.63) is 96.8 Å². The first-order chi connectivity index (χ1) is 12.9. The Kier molecular flexibility index (Phi) is 6.99. The van der Waals surface area contributed by atoms with Crippen LogP contribution in [0.2, 0.25) is 10.0 Å². The van der Waals surface area contributed by atoms with Gasteiger partial charge in [0.15, 0.2) is 5.78 Å². The summed E-state index contributed by atoms with van der Waals surface area (Å²) in [6, 6.07) is 20.4. The molecule has 0 aliphatic carbocycles. The van der Waals surface area contributed by atoms with Gasteiger partial charge in [0.05, 0.1) is 16.1 Å². The largest absolute Gasteiger partial charge is 0.378 e. The van der Waals surface area contributed by atoms with Crippen molar-refractivity contribution < 1.29 is 4.79 Å². The number of hydrogen-bond donors (Lipinski definition) is 1. The Hall–Kier alpha value is -1.33. The molecule has 1 unspecified atom stereocenters. The van der Waals surface area contributed by atoms with E-state index < -0.39 is 0 Å². The molecule has 0 saturated heterocycles. The van der Waals surface area contributed by atoms with E-state index in [2.05, 4.69) is 37.2 Å². The minimum Gasteiger partial charge on any atom is -0.378 e. The highest BCUT2D eigenvalue weighted by molar-refractivity contribution is 9.10. The van der Waals surface area contributed by atoms with E-state index in [1.807, 2.05) is 54.6 Å². The fraction of sp³-hybridized carbons (Fsp3) is 0.0952. The van der Waals surface area contributed by atoms with E-state index in [1.54, 1.807) is 12.1 Å². The SMILES string of the molecule is O=C(CC(Nc1ccc(Cl)c(Cl)c1)c1ccc(Br)cc1)c1ccc(Br)cc1. The van der Waals surface area contributed by atoms with Gasteiger partial charge in [0, 0.05) is 26.6 Å². The van der Waals surface area contributed by atoms with E-state index >= 15 is 0 Å². The van der Waals surface area contributed by atoms with E-state index in [4.69, 9.17) is 23.2 Å². The average Bonchev–Trinajstić information content (AvgIpc) is 2.65. The molecular weight excluding hydrogens is 513 g/mol. The quantitative estimate of drug-likeness (QED) is 0.330. The lowest BCUT2D eigenvalue weighted by Gasteiger charge is -2.20. The van der Waals surface area contributed by atoms with Gasteiger partial charge in [0.25, 0.3) is 0 Å². The van der Waals surface area contributed by atoms with Crippen molar-refractivity contribution in [3.63, 3.8) is 0 Å². The molecule has 0 heterocycles. The maximum Gasteiger partial charge on any atom is 0.165 e. The van der Waals surface area contributed by atoms with Crippen LogP contribution in [0.15, 0.2) is 75.7 Å². The zero-order valence-corrected chi connectivity index (χ0v) is 18.7. The minimum absolute atomic E-state index is 0.0583. The molecule has 0 fully saturated rings. The minimum atomic E-state index is -0.202. The molecule has 1 N–H and O–H groups in total. The Labute approximate surface area is 185 Å². The molecule has 0 spiro atoms. The van der Waals surface area contributed by atoms with Crippen LogP contribution in [0.1, 0.15) is 28.4 Å². The van der Waals surface area contributed by atoms with Crippen LogP contribution >= 0.6 is 55.1 Å². The summed E-state index contributed by atoms with van der Waals surface area (Å²) in [5.74, 6) is 0.0583. The van der Waals surface area contributed by atoms with Crippen LogP contribution in [0.4, 0.5) is 5.69 Å². The number of benzene rings is 3. The summed E-state index contributed by atoms with van der Waals surface area (Å²) in [6.07, 6.45) is 0.309. The highest BCUT2D eigenvalue weighted by Gasteiger charge is 2.18. The standard InChI is InChI=1S/C21H15Br2Cl2NO/c22-15-5-1-13(2-6-15)20(26-17-9-10-18(24)19(25)11-17)12-21(27)14-3-7-16(23)8-4-14/h1-11,20,26H,12H2. The number of nitrogens with one attached hydrogen (secondary N) is 1. The summed E-state index contributed by atoms with van der Waals surface area (Å²) in [6.45, 7) is 0. The highest BCUT2D eigenvalue weighted by Crippen LogP contribution is 2.30. The number of Topliss-reactive ketones (excluding diaryl/α,β-unsaturated/α-hetero) is 1. The lowest BCUT2D eigenvalue weighted by Crippen LogP contribution is -2.16. The Bertz CT molecular complexity index is 943. The van der Waals surface area contributed by atoms with Crippen LogP contribution in [-0.4, -0.2) is 5.78 Å². The highest BCUT2D eigenvalue weighted by atomic mass is 79.9. The molecule has 0 aromatic heterocycles. The van der Waals surface area contributed by atoms with E-state index in [1.165, 1.54) is 0 Å². The van der Waals surface area contributed by atoms with Crippen molar-refractivity contribution in [2.75, 3.05) is 5.32 Å². The fourth-order valence-electron chi connectivity index (χ4n) is 2.67. The summed E-state index contributed by atoms with van der Waals surface area (Å²) in [5.41, 5.74) is 2.49. The number of anilines is 1. The monoisotopic (exact) mass is 525 g/mol. The molecule has 2 nitrogen and oxygen atoms in total. The normalized spacial score (nSPS) is 11.9. The first-order valence-electron chi connectivity index (χ1n) is 8.18. The molecule has 6 heteroatoms. The van der Waals surface area contributed by atoms with Crippen LogP contribution in [-0.2, 0) is 0 Å². The Morgan fingerprint density at radius 3 is 2.04 bits per heavy atom. The molecule has 0 aliphatic heterocycles. The molecule has 0 aliphatic rings. The third-order valence-electron chi connectivity index (χ3n) is 4.09. The van der Waals surface area contributed by atoms with Gasteiger partial charge in [-0.2, -0.15) is 0 Å². The van der Waals surface area contributed by atoms with Crippen LogP contribution in [0, 0.1) is 0 Å². The first-order valence-corrected chi connectivity index (χ1v) is 10.5. The van der Waals surface area contributed by atoms with Crippen molar-refractivity contribution >= 4 is 66.5 Å². The van der Waals surface area contributed by atoms with Crippen molar-refractivity contribution in [2.24, 2.45) is 0 Å². The van der Waals surface area contributed by atoms with E-state index in [0.29, 0.717) is 22.0 Å². The predicted octanol–water partition coefficient (Wildman–Crippen LogP) is 7.94. The molecule has 138 valence electrons. The van der Waals surface area contributed by atoms with Gasteiger partial charge in [-0.1, -0.05) is 79.3 Å². The predicted molar refractivity (Wildman–Crippen MR) is 120 cm³/mol. The zero-order valence-electron chi connectivity index (χ0n) is 14.1. The lowest BCUT2D eigenvalue weighted by molar-refractivity contribution is 0.0976. The van der Waals surface area contributed by atoms with E-state index in [-0.39, 0.29) is 11.8 Å². The number of rotatable bonds is 6. The molecule has 0 saturated carbocycles. The number of carbonyl (C=O) groups excluding carboxylic acids is 1. The van der Waals surface area contributed by atoms with Gasteiger partial charge < -0.3 is 5.32 Å². The van der Waals surface area contributed by atoms with Crippen molar-refractivity contribution in [2.45, 2.75) is 12.5 Å². The number of hydrogen-bond acceptors (Lipinski definition) is 2. The maximum absolute atomic E-state index is 12.8. The van der Waals surface area contributed by atoms with Gasteiger partial charge in [-0.05, 0) is 48.0 Å². The fourth-order valence-corrected chi connectivity index (χ4v) is 3.50. The van der Waals surface area contributed by atoms with E-state index in [9.17, 15) is 4.79 Å². The topological polar surface area (TPSA) is 29.1 Å². The van der Waals surface area contributed by atoms with Crippen LogP contribution in [0.5, 0.6) is 0 Å². The molecule has 0 bridgehead atoms. The van der Waals surface area contributed by atoms with Gasteiger partial charge in [0.2, 0.25) is 0 Å². The van der Waals surface area contributed by atoms with Gasteiger partial charge in [-0.3, -0.25) is 4.79 Å². The number of ketones is 1. The number of carbonyl (C=O) groups is 1. The first kappa shape index (κ1) is 20.4. The Morgan fingerprint density at radius 1 is 0.852 bits per heavy atom. The zero-order chi connectivity index (χ0) is 19.4. The van der Waals surface area contributed by atoms with E-state index in [0.717, 1.165) is 20.2 Å². The summed E-state index contributed by atoms with van der Waals surface area (Å²) < 4.78 is 1.93. The Morgan fingerprint density at radius 2 is 1.44 bits per heavy atom. The van der Waals surface area contributed by atoms with Crippen LogP contribution in [0.3, 0.4) is 0 Å². The summed E-state index contributed by atoms with van der Waals surface area (Å²) in [7, 11) is 0. The number of halogens is 4. The second-order valence-electron chi connectivity index (χ2n) is 6.01. The molecule has 1 atom stereocenters. The molecule has 3 rings (SSSR count). The summed E-state index contributed by atoms with van der Waals surface area (Å²) >= 11 is 19.0. The molecule has 0 radical (unpaired) electrons. The second-order valence-corrected chi connectivity index (χ2v) is 8.66. The van der Waals surface area contributed by atoms with Gasteiger partial charge in [-0.25, -0.2) is 0 Å². The molecule has 27 heavy (non-hydrogen) atoms. The lowest BCUT2D eigenvalue weighted by atomic mass is 9.97. The Balaban J connectivity index is 1.86. The van der Waals surface area contributed by atoms with Crippen LogP contribution < -0.4 is 5.32 Å². The average molecular weight is 528 g/mol. The third-order valence-corrected chi connectivity index (χ3v) is 5.88. The smallest absolute Gasteiger partial charge is 0.165 e. The summed E-state index contributed by atoms with van der Waals surface area (Å²) in [5, 5.41) is 4.37. The van der Waals surface area contributed by atoms with Crippen LogP contribution in [0.25, 0.3) is 0 Å². The third kappa shape index (κ3) is 5.58. The molecule has 3 aromatic carbocycles. The van der Waals surface area contributed by atoms with Gasteiger partial charge >= 0.3 is 0 Å². The van der Waals surface area contributed by atoms with Gasteiger partial charge in [0.1, 0.15) is 0 Å². The molecular formula is C21H15Br2Cl2NO. The molecule has 3 aromatic rings. The second kappa shape index (κ2) is 9.24. The van der Waals surface area contributed by atoms with Gasteiger partial charge in [-0.15, -0.1) is 0 Å². The van der Waals surface area contributed by atoms with Crippen molar-refractivity contribution in [1.82, 2.24) is 0 Å².